The number of nitrogens with one attached hydrogen (secondary N) is 2. The number of phenolic OH excluding ortho intramolecular Hbond substituents is 1. The number of Topliss-reactive ketones (excluding diaryl/α,β-unsaturated/α-hetero) is 1. The smallest absolute Gasteiger partial charge is 0.332 e. The lowest BCUT2D eigenvalue weighted by molar-refractivity contribution is -0.188. The van der Waals surface area contributed by atoms with Gasteiger partial charge in [0.2, 0.25) is 11.8 Å². The Kier molecular flexibility index (Phi) is 26.2. The molecule has 2 bridgehead atoms. The number of para-hydroxylation sites is 2. The monoisotopic (exact) mass is 1510 g/mol. The van der Waals surface area contributed by atoms with Gasteiger partial charge >= 0.3 is 17.7 Å². The number of ketones is 1. The molecule has 0 radical (unpaired) electrons. The van der Waals surface area contributed by atoms with Gasteiger partial charge in [0.1, 0.15) is 11.2 Å². The Labute approximate surface area is 644 Å². The second kappa shape index (κ2) is 34.6. The van der Waals surface area contributed by atoms with Crippen LogP contribution in [0.4, 0.5) is 16.2 Å². The zero-order chi connectivity index (χ0) is 79.2. The summed E-state index contributed by atoms with van der Waals surface area (Å²) in [5.74, 6) is 0.727. The minimum Gasteiger partial charge on any atom is -0.504 e. The van der Waals surface area contributed by atoms with Crippen molar-refractivity contribution in [3.63, 3.8) is 0 Å². The van der Waals surface area contributed by atoms with Crippen molar-refractivity contribution in [3.05, 3.63) is 177 Å². The number of aliphatic carboxylic acids is 1. The minimum absolute atomic E-state index is 0.0454. The Morgan fingerprint density at radius 1 is 0.817 bits per heavy atom. The number of hydrogen-bond donors (Lipinski definition) is 6. The summed E-state index contributed by atoms with van der Waals surface area (Å²) >= 11 is 1.87. The van der Waals surface area contributed by atoms with Crippen LogP contribution >= 0.6 is 11.8 Å². The molecule has 109 heavy (non-hydrogen) atoms. The van der Waals surface area contributed by atoms with E-state index in [9.17, 15) is 48.9 Å². The Morgan fingerprint density at radius 3 is 2.06 bits per heavy atom. The van der Waals surface area contributed by atoms with Crippen molar-refractivity contribution in [2.24, 2.45) is 50.2 Å². The number of imidazole rings is 1. The van der Waals surface area contributed by atoms with Crippen molar-refractivity contribution in [1.29, 1.82) is 0 Å². The number of carbonyl (C=O) groups is 5. The molecule has 586 valence electrons. The number of aromatic nitrogens is 4. The predicted octanol–water partition coefficient (Wildman–Crippen LogP) is 11.4. The van der Waals surface area contributed by atoms with Gasteiger partial charge in [-0.3, -0.25) is 48.6 Å². The van der Waals surface area contributed by atoms with E-state index in [2.05, 4.69) is 139 Å². The number of carbonyl (C=O) groups excluding carboxylic acids is 4. The van der Waals surface area contributed by atoms with E-state index in [1.165, 1.54) is 70.0 Å². The number of carboxylic acids is 1. The maximum absolute atomic E-state index is 12.7. The van der Waals surface area contributed by atoms with Gasteiger partial charge in [0.05, 0.1) is 47.3 Å². The van der Waals surface area contributed by atoms with Gasteiger partial charge in [-0.1, -0.05) is 132 Å². The number of aromatic hydroxyl groups is 1. The molecule has 7 aromatic rings. The number of piperidine rings is 1. The molecular weight excluding hydrogens is 1400 g/mol. The van der Waals surface area contributed by atoms with Gasteiger partial charge < -0.3 is 49.2 Å². The zero-order valence-corrected chi connectivity index (χ0v) is 66.7. The van der Waals surface area contributed by atoms with Crippen LogP contribution in [0.25, 0.3) is 11.2 Å². The Hall–Kier alpha value is -8.91. The molecule has 1 spiro atoms. The van der Waals surface area contributed by atoms with E-state index in [4.69, 9.17) is 14.6 Å². The summed E-state index contributed by atoms with van der Waals surface area (Å²) in [6.07, 6.45) is 13.6. The number of carboxylic acid groups (broad SMARTS) is 1. The summed E-state index contributed by atoms with van der Waals surface area (Å²) in [5.41, 5.74) is 4.51. The summed E-state index contributed by atoms with van der Waals surface area (Å²) in [6.45, 7) is 19.5. The van der Waals surface area contributed by atoms with Crippen LogP contribution in [0.1, 0.15) is 146 Å². The fourth-order valence-electron chi connectivity index (χ4n) is 16.9. The zero-order valence-electron chi connectivity index (χ0n) is 65.8. The highest BCUT2D eigenvalue weighted by Gasteiger charge is 2.73. The molecule has 4 amide bonds. The maximum Gasteiger partial charge on any atom is 0.332 e. The summed E-state index contributed by atoms with van der Waals surface area (Å²) in [5, 5.41) is 46.6. The number of rotatable bonds is 17. The molecule has 15 rings (SSSR count). The first-order chi connectivity index (χ1) is 51.8. The molecule has 24 heteroatoms. The number of likely N-dealkylation sites (N-methyl/N-ethyl adjacent to an activating group) is 1. The summed E-state index contributed by atoms with van der Waals surface area (Å²) in [4.78, 5) is 97.5. The Morgan fingerprint density at radius 2 is 1.47 bits per heavy atom. The topological polar surface area (TPSA) is 284 Å². The summed E-state index contributed by atoms with van der Waals surface area (Å²) in [7, 11) is 14.9. The number of imide groups is 2. The molecule has 4 aliphatic carbocycles. The van der Waals surface area contributed by atoms with Crippen molar-refractivity contribution in [2.75, 3.05) is 66.4 Å². The number of hydrogen-bond acceptors (Lipinski definition) is 18. The van der Waals surface area contributed by atoms with E-state index in [0.29, 0.717) is 54.1 Å². The molecule has 5 fully saturated rings. The molecule has 3 saturated carbocycles. The minimum atomic E-state index is -1.20. The van der Waals surface area contributed by atoms with Crippen LogP contribution in [0.3, 0.4) is 0 Å². The molecule has 2 aromatic heterocycles. The van der Waals surface area contributed by atoms with Crippen LogP contribution in [-0.2, 0) is 64.2 Å². The van der Waals surface area contributed by atoms with Gasteiger partial charge in [-0.25, -0.2) is 14.6 Å². The van der Waals surface area contributed by atoms with Gasteiger partial charge in [-0.2, -0.15) is 0 Å². The number of barbiturate groups is 1. The predicted molar refractivity (Wildman–Crippen MR) is 425 cm³/mol. The standard InChI is InChI=1S/C20H23NO4.C17H20N2S.C16H25NO2.C13H18O2.C11H16N2O3.C8H10N4O2/c22-13-4-3-12-9-15-20(24)6-5-14(23)18-19(20,16(12)17(13)25-18)7-8-21(15)10-11-1-2-11;1-13(18(2)3)12-19-14-8-4-6-10-16(14)20-17-11-7-5-9-15(17)19;1-17(2)12-14-7-4-5-10-16(14,18)13-8-6-9-15(11-13)19-3;1-9(2)8-11-4-6-12(7-5-11)10(3)13(14)15;1-4-6-11(7(3)5-2)8(14)12-10(16)13-9(11)15;1-10-4-9-6-5(10)7(13)12(3)8(14)11(6)2/h3-4,11,15,18,22,24H,1-2,5-10H2;4-11,13H,12H2,1-3H3;6,8-9,11,14,18H,4-5,7,10,12H2,1-3H3;4-7,9-10H,8H2,1-3H3,(H,14,15);4,7H,1,5-6H2,2-3H3,(H2,12,13,14,15,16);4H,1-3H3/t15-,18+,19+,20-;;14-,16+;;;/m1.1.../s1. The first-order valence-electron chi connectivity index (χ1n) is 38.3. The van der Waals surface area contributed by atoms with E-state index < -0.39 is 57.9 Å². The number of amides is 4. The number of urea groups is 1. The van der Waals surface area contributed by atoms with Crippen LogP contribution < -0.4 is 36.3 Å². The number of benzene rings is 5. The second-order valence-corrected chi connectivity index (χ2v) is 32.8. The number of ether oxygens (including phenoxy) is 2. The summed E-state index contributed by atoms with van der Waals surface area (Å²) < 4.78 is 15.4. The van der Waals surface area contributed by atoms with Crippen LogP contribution in [0.2, 0.25) is 0 Å². The van der Waals surface area contributed by atoms with Crippen molar-refractivity contribution >= 4 is 63.9 Å². The average Bonchev–Trinajstić information content (AvgIpc) is 1.55. The summed E-state index contributed by atoms with van der Waals surface area (Å²) in [6, 6.07) is 36.6. The number of aliphatic hydroxyl groups is 2. The number of allylic oxidation sites excluding steroid dienone is 1. The van der Waals surface area contributed by atoms with Crippen LogP contribution in [0, 0.1) is 29.1 Å². The van der Waals surface area contributed by atoms with Crippen LogP contribution in [0.5, 0.6) is 17.2 Å². The van der Waals surface area contributed by atoms with E-state index in [1.54, 1.807) is 38.8 Å². The number of nitrogens with zero attached hydrogens (tertiary/aromatic N) is 8. The number of fused-ring (bicyclic) bond motifs is 3. The fraction of sp³-hybridized carbons (Fsp3) is 0.506. The van der Waals surface area contributed by atoms with E-state index in [1.807, 2.05) is 80.2 Å². The number of methoxy groups -OCH3 is 1. The molecule has 6 heterocycles. The lowest BCUT2D eigenvalue weighted by Crippen LogP contribution is -2.76. The van der Waals surface area contributed by atoms with Gasteiger partial charge in [-0.05, 0) is 189 Å². The lowest BCUT2D eigenvalue weighted by atomic mass is 9.49. The molecule has 8 aliphatic rings. The average molecular weight is 1510 g/mol. The quantitative estimate of drug-likeness (QED) is 0.0365. The van der Waals surface area contributed by atoms with E-state index in [-0.39, 0.29) is 41.2 Å². The lowest BCUT2D eigenvalue weighted by Gasteiger charge is -2.62. The third-order valence-electron chi connectivity index (χ3n) is 23.6. The van der Waals surface area contributed by atoms with Gasteiger partial charge in [0, 0.05) is 80.6 Å². The highest BCUT2D eigenvalue weighted by Crippen LogP contribution is 2.65. The normalized spacial score (nSPS) is 23.3. The maximum atomic E-state index is 12.7. The van der Waals surface area contributed by atoms with Gasteiger partial charge in [0.25, 0.3) is 5.56 Å². The van der Waals surface area contributed by atoms with Crippen LogP contribution in [0.15, 0.2) is 148 Å². The third-order valence-corrected chi connectivity index (χ3v) is 24.7. The van der Waals surface area contributed by atoms with Crippen molar-refractivity contribution < 1.29 is 53.9 Å². The number of anilines is 2. The molecule has 23 nitrogen and oxygen atoms in total. The molecule has 4 aliphatic heterocycles. The molecule has 5 aromatic carbocycles. The molecule has 2 saturated heterocycles. The number of likely N-dealkylation sites (tertiary alicyclic amines) is 1. The Balaban J connectivity index is 0.000000141. The van der Waals surface area contributed by atoms with Gasteiger partial charge in [-0.15, -0.1) is 6.58 Å². The third kappa shape index (κ3) is 16.9. The van der Waals surface area contributed by atoms with E-state index >= 15 is 0 Å². The van der Waals surface area contributed by atoms with Crippen molar-refractivity contribution in [3.8, 4) is 17.2 Å². The highest BCUT2D eigenvalue weighted by atomic mass is 32.2. The Bertz CT molecular complexity index is 4520. The van der Waals surface area contributed by atoms with E-state index in [0.717, 1.165) is 103 Å². The largest absolute Gasteiger partial charge is 0.504 e. The first-order valence-corrected chi connectivity index (χ1v) is 39.1. The van der Waals surface area contributed by atoms with Crippen molar-refractivity contribution in [2.45, 2.75) is 176 Å². The molecule has 6 N–H and O–H groups in total. The number of aryl methyl sites for hydroxylation is 2. The fourth-order valence-corrected chi connectivity index (χ4v) is 17.9. The molecule has 9 atom stereocenters. The highest BCUT2D eigenvalue weighted by molar-refractivity contribution is 7.99. The van der Waals surface area contributed by atoms with Crippen molar-refractivity contribution in [1.82, 2.24) is 44.0 Å². The molecule has 3 unspecified atom stereocenters. The van der Waals surface area contributed by atoms with Gasteiger partial charge in [0.15, 0.2) is 34.6 Å². The first kappa shape index (κ1) is 82.6. The van der Waals surface area contributed by atoms with Crippen LogP contribution in [-0.4, -0.2) is 169 Å². The number of phenols is 1. The molecular formula is C85H112N10O13S. The SMILES string of the molecule is C=CCC1(C(C)CC)C(=O)NC(=O)NC1=O.CC(C)Cc1ccc(C(C)C(=O)O)cc1.CC(CN1c2ccccc2Sc2ccccc21)N(C)C.COc1cccc([C@@]2(O)CCCC[C@@H]2CN(C)C)c1.Cn1c(=O)c2c(ncn2C)n(C)c1=O.O=C1CC[C@@]2(O)[C@H]3Cc4ccc(O)c5c4[C@@]2(CCN3CC2CC2)[C@H]1O5. The second-order valence-electron chi connectivity index (χ2n) is 31.7.